The highest BCUT2D eigenvalue weighted by Crippen LogP contribution is 2.19. The molecule has 100 valence electrons. The number of amides is 1. The maximum atomic E-state index is 13.7. The van der Waals surface area contributed by atoms with Gasteiger partial charge in [0, 0.05) is 23.3 Å². The third kappa shape index (κ3) is 3.72. The number of hydrogen-bond donors (Lipinski definition) is 0. The second-order valence-electron chi connectivity index (χ2n) is 4.06. The van der Waals surface area contributed by atoms with Gasteiger partial charge in [0.15, 0.2) is 0 Å². The van der Waals surface area contributed by atoms with Crippen LogP contribution in [0.25, 0.3) is 0 Å². The molecule has 0 N–H and O–H groups in total. The molecule has 1 atom stereocenters. The van der Waals surface area contributed by atoms with Crippen molar-refractivity contribution in [3.05, 3.63) is 34.1 Å². The Balaban J connectivity index is 2.95. The van der Waals surface area contributed by atoms with Crippen LogP contribution in [0.2, 0.25) is 0 Å². The summed E-state index contributed by atoms with van der Waals surface area (Å²) < 4.78 is 14.4. The molecule has 0 heterocycles. The van der Waals surface area contributed by atoms with Gasteiger partial charge in [-0.05, 0) is 30.9 Å². The summed E-state index contributed by atoms with van der Waals surface area (Å²) in [5, 5.41) is 0. The molecule has 0 spiro atoms. The third-order valence-electron chi connectivity index (χ3n) is 2.86. The average molecular weight is 334 g/mol. The summed E-state index contributed by atoms with van der Waals surface area (Å²) >= 11 is 4.94. The molecule has 0 aromatic heterocycles. The average Bonchev–Trinajstić information content (AvgIpc) is 2.37. The predicted molar refractivity (Wildman–Crippen MR) is 78.7 cm³/mol. The smallest absolute Gasteiger partial charge is 0.256 e. The molecule has 0 aliphatic heterocycles. The Kier molecular flexibility index (Phi) is 6.15. The summed E-state index contributed by atoms with van der Waals surface area (Å²) in [6.45, 7) is 2.03. The minimum Gasteiger partial charge on any atom is -0.338 e. The number of nitrogens with zero attached hydrogens (tertiary/aromatic N) is 1. The second kappa shape index (κ2) is 7.14. The first-order valence-corrected chi connectivity index (χ1v) is 7.91. The van der Waals surface area contributed by atoms with E-state index in [0.717, 1.165) is 12.2 Å². The molecule has 1 aromatic carbocycles. The van der Waals surface area contributed by atoms with Gasteiger partial charge in [0.2, 0.25) is 0 Å². The number of carbonyl (C=O) groups excluding carboxylic acids is 1. The fourth-order valence-electron chi connectivity index (χ4n) is 1.71. The van der Waals surface area contributed by atoms with Gasteiger partial charge in [-0.15, -0.1) is 0 Å². The SMILES string of the molecule is CCC(CSC)N(C)C(=O)c1cc(Br)ccc1F. The van der Waals surface area contributed by atoms with Crippen molar-refractivity contribution in [3.63, 3.8) is 0 Å². The molecular formula is C13H17BrFNOS. The van der Waals surface area contributed by atoms with Crippen LogP contribution in [-0.4, -0.2) is 35.9 Å². The predicted octanol–water partition coefficient (Wildman–Crippen LogP) is 3.80. The highest BCUT2D eigenvalue weighted by Gasteiger charge is 2.22. The second-order valence-corrected chi connectivity index (χ2v) is 5.88. The summed E-state index contributed by atoms with van der Waals surface area (Å²) in [6, 6.07) is 4.55. The van der Waals surface area contributed by atoms with E-state index in [0.29, 0.717) is 4.47 Å². The maximum absolute atomic E-state index is 13.7. The van der Waals surface area contributed by atoms with Gasteiger partial charge in [-0.25, -0.2) is 4.39 Å². The Bertz CT molecular complexity index is 427. The van der Waals surface area contributed by atoms with E-state index in [-0.39, 0.29) is 17.5 Å². The van der Waals surface area contributed by atoms with E-state index in [1.807, 2.05) is 13.2 Å². The summed E-state index contributed by atoms with van der Waals surface area (Å²) in [5.41, 5.74) is 0.117. The van der Waals surface area contributed by atoms with E-state index >= 15 is 0 Å². The minimum absolute atomic E-state index is 0.117. The molecule has 0 aliphatic rings. The summed E-state index contributed by atoms with van der Waals surface area (Å²) in [6.07, 6.45) is 2.86. The van der Waals surface area contributed by atoms with E-state index in [9.17, 15) is 9.18 Å². The van der Waals surface area contributed by atoms with Crippen molar-refractivity contribution in [2.45, 2.75) is 19.4 Å². The zero-order chi connectivity index (χ0) is 13.7. The molecule has 5 heteroatoms. The van der Waals surface area contributed by atoms with Crippen LogP contribution < -0.4 is 0 Å². The zero-order valence-corrected chi connectivity index (χ0v) is 13.1. The maximum Gasteiger partial charge on any atom is 0.256 e. The Hall–Kier alpha value is -0.550. The number of halogens is 2. The lowest BCUT2D eigenvalue weighted by molar-refractivity contribution is 0.0739. The number of hydrogen-bond acceptors (Lipinski definition) is 2. The monoisotopic (exact) mass is 333 g/mol. The molecule has 18 heavy (non-hydrogen) atoms. The molecule has 0 bridgehead atoms. The first kappa shape index (κ1) is 15.5. The Labute approximate surface area is 120 Å². The molecule has 0 fully saturated rings. The Morgan fingerprint density at radius 1 is 1.56 bits per heavy atom. The van der Waals surface area contributed by atoms with Gasteiger partial charge in [-0.1, -0.05) is 22.9 Å². The molecule has 1 unspecified atom stereocenters. The minimum atomic E-state index is -0.478. The van der Waals surface area contributed by atoms with Crippen LogP contribution in [0, 0.1) is 5.82 Å². The summed E-state index contributed by atoms with van der Waals surface area (Å²) in [7, 11) is 1.73. The van der Waals surface area contributed by atoms with Crippen molar-refractivity contribution >= 4 is 33.6 Å². The van der Waals surface area contributed by atoms with E-state index < -0.39 is 5.82 Å². The van der Waals surface area contributed by atoms with Crippen LogP contribution >= 0.6 is 27.7 Å². The number of carbonyl (C=O) groups is 1. The van der Waals surface area contributed by atoms with Gasteiger partial charge in [0.1, 0.15) is 5.82 Å². The van der Waals surface area contributed by atoms with Crippen LogP contribution in [0.1, 0.15) is 23.7 Å². The Morgan fingerprint density at radius 3 is 2.78 bits per heavy atom. The van der Waals surface area contributed by atoms with Gasteiger partial charge >= 0.3 is 0 Å². The van der Waals surface area contributed by atoms with Crippen molar-refractivity contribution in [1.29, 1.82) is 0 Å². The first-order valence-electron chi connectivity index (χ1n) is 5.72. The highest BCUT2D eigenvalue weighted by molar-refractivity contribution is 9.10. The molecule has 1 amide bonds. The van der Waals surface area contributed by atoms with Gasteiger partial charge in [0.05, 0.1) is 5.56 Å². The quantitative estimate of drug-likeness (QED) is 0.816. The topological polar surface area (TPSA) is 20.3 Å². The van der Waals surface area contributed by atoms with E-state index in [4.69, 9.17) is 0 Å². The van der Waals surface area contributed by atoms with Crippen LogP contribution in [0.3, 0.4) is 0 Å². The highest BCUT2D eigenvalue weighted by atomic mass is 79.9. The fraction of sp³-hybridized carbons (Fsp3) is 0.462. The molecule has 0 radical (unpaired) electrons. The normalized spacial score (nSPS) is 12.3. The Morgan fingerprint density at radius 2 is 2.22 bits per heavy atom. The van der Waals surface area contributed by atoms with E-state index in [2.05, 4.69) is 15.9 Å². The van der Waals surface area contributed by atoms with Gasteiger partial charge in [-0.2, -0.15) is 11.8 Å². The summed E-state index contributed by atoms with van der Waals surface area (Å²) in [4.78, 5) is 13.9. The molecule has 0 saturated heterocycles. The standard InChI is InChI=1S/C13H17BrFNOS/c1-4-10(8-18-3)16(2)13(17)11-7-9(14)5-6-12(11)15/h5-7,10H,4,8H2,1-3H3. The molecule has 2 nitrogen and oxygen atoms in total. The molecule has 0 saturated carbocycles. The number of rotatable bonds is 5. The van der Waals surface area contributed by atoms with Gasteiger partial charge in [-0.3, -0.25) is 4.79 Å². The first-order chi connectivity index (χ1) is 8.51. The lowest BCUT2D eigenvalue weighted by Crippen LogP contribution is -2.38. The van der Waals surface area contributed by atoms with Gasteiger partial charge in [0.25, 0.3) is 5.91 Å². The van der Waals surface area contributed by atoms with Crippen molar-refractivity contribution < 1.29 is 9.18 Å². The largest absolute Gasteiger partial charge is 0.338 e. The third-order valence-corrected chi connectivity index (χ3v) is 4.07. The lowest BCUT2D eigenvalue weighted by Gasteiger charge is -2.27. The molecule has 1 aromatic rings. The van der Waals surface area contributed by atoms with Gasteiger partial charge < -0.3 is 4.90 Å². The van der Waals surface area contributed by atoms with E-state index in [1.165, 1.54) is 12.1 Å². The van der Waals surface area contributed by atoms with Crippen LogP contribution in [-0.2, 0) is 0 Å². The molecule has 0 aliphatic carbocycles. The van der Waals surface area contributed by atoms with Crippen molar-refractivity contribution in [1.82, 2.24) is 4.90 Å². The fourth-order valence-corrected chi connectivity index (χ4v) is 2.92. The van der Waals surface area contributed by atoms with Crippen LogP contribution in [0.5, 0.6) is 0 Å². The van der Waals surface area contributed by atoms with Crippen molar-refractivity contribution in [2.24, 2.45) is 0 Å². The molecular weight excluding hydrogens is 317 g/mol. The zero-order valence-electron chi connectivity index (χ0n) is 10.7. The van der Waals surface area contributed by atoms with E-state index in [1.54, 1.807) is 29.8 Å². The van der Waals surface area contributed by atoms with Crippen molar-refractivity contribution in [2.75, 3.05) is 19.1 Å². The van der Waals surface area contributed by atoms with Crippen LogP contribution in [0.4, 0.5) is 4.39 Å². The number of benzene rings is 1. The summed E-state index contributed by atoms with van der Waals surface area (Å²) in [5.74, 6) is 0.109. The van der Waals surface area contributed by atoms with Crippen LogP contribution in [0.15, 0.2) is 22.7 Å². The number of thioether (sulfide) groups is 1. The molecule has 1 rings (SSSR count). The lowest BCUT2D eigenvalue weighted by atomic mass is 10.1. The van der Waals surface area contributed by atoms with Crippen molar-refractivity contribution in [3.8, 4) is 0 Å².